The molecule has 3 nitrogen and oxygen atoms in total. The van der Waals surface area contributed by atoms with Crippen LogP contribution in [0.4, 0.5) is 0 Å². The van der Waals surface area contributed by atoms with Crippen LogP contribution in [0.2, 0.25) is 0 Å². The second kappa shape index (κ2) is 5.33. The van der Waals surface area contributed by atoms with E-state index in [-0.39, 0.29) is 5.92 Å². The van der Waals surface area contributed by atoms with Gasteiger partial charge in [0.1, 0.15) is 0 Å². The first-order valence-corrected chi connectivity index (χ1v) is 7.16. The molecule has 2 aromatic rings. The van der Waals surface area contributed by atoms with Gasteiger partial charge in [-0.1, -0.05) is 38.5 Å². The predicted octanol–water partition coefficient (Wildman–Crippen LogP) is 3.40. The zero-order chi connectivity index (χ0) is 14.0. The maximum atomic E-state index is 10.6. The molecular formula is C16H24N2O. The Hall–Kier alpha value is -1.35. The number of aryl methyl sites for hydroxylation is 1. The van der Waals surface area contributed by atoms with Gasteiger partial charge in [-0.25, -0.2) is 0 Å². The van der Waals surface area contributed by atoms with E-state index < -0.39 is 5.60 Å². The number of benzene rings is 1. The molecule has 1 aromatic carbocycles. The van der Waals surface area contributed by atoms with Crippen LogP contribution >= 0.6 is 0 Å². The van der Waals surface area contributed by atoms with Crippen LogP contribution in [-0.2, 0) is 13.0 Å². The second-order valence-corrected chi connectivity index (χ2v) is 5.62. The smallest absolute Gasteiger partial charge is 0.0731 e. The normalized spacial score (nSPS) is 16.5. The summed E-state index contributed by atoms with van der Waals surface area (Å²) < 4.78 is 2.01. The quantitative estimate of drug-likeness (QED) is 0.894. The van der Waals surface area contributed by atoms with Gasteiger partial charge >= 0.3 is 0 Å². The molecule has 0 aliphatic heterocycles. The van der Waals surface area contributed by atoms with Gasteiger partial charge in [-0.05, 0) is 25.8 Å². The van der Waals surface area contributed by atoms with E-state index in [2.05, 4.69) is 38.0 Å². The van der Waals surface area contributed by atoms with Crippen LogP contribution in [0.1, 0.15) is 39.8 Å². The maximum absolute atomic E-state index is 10.6. The Kier molecular flexibility index (Phi) is 3.95. The highest BCUT2D eigenvalue weighted by atomic mass is 16.3. The molecule has 0 saturated carbocycles. The van der Waals surface area contributed by atoms with E-state index in [1.54, 1.807) is 0 Å². The third-order valence-electron chi connectivity index (χ3n) is 4.23. The molecule has 0 aliphatic carbocycles. The van der Waals surface area contributed by atoms with Gasteiger partial charge in [-0.2, -0.15) is 5.10 Å². The number of aliphatic hydroxyl groups is 1. The lowest BCUT2D eigenvalue weighted by atomic mass is 9.84. The van der Waals surface area contributed by atoms with Crippen LogP contribution < -0.4 is 0 Å². The first kappa shape index (κ1) is 14.1. The Bertz CT molecular complexity index is 557. The number of para-hydroxylation sites is 1. The molecule has 0 amide bonds. The highest BCUT2D eigenvalue weighted by Gasteiger charge is 2.29. The molecule has 0 bridgehead atoms. The van der Waals surface area contributed by atoms with Gasteiger partial charge in [0.25, 0.3) is 0 Å². The molecule has 0 fully saturated rings. The molecular weight excluding hydrogens is 236 g/mol. The SMILES string of the molecule is CCC(C)C(C)(O)Cc1nn(CC)c2ccccc12. The topological polar surface area (TPSA) is 38.1 Å². The monoisotopic (exact) mass is 260 g/mol. The van der Waals surface area contributed by atoms with Gasteiger partial charge in [0.05, 0.1) is 16.8 Å². The van der Waals surface area contributed by atoms with Crippen molar-refractivity contribution in [2.45, 2.75) is 52.7 Å². The fraction of sp³-hybridized carbons (Fsp3) is 0.562. The Balaban J connectivity index is 2.41. The van der Waals surface area contributed by atoms with E-state index >= 15 is 0 Å². The summed E-state index contributed by atoms with van der Waals surface area (Å²) in [6.45, 7) is 9.07. The van der Waals surface area contributed by atoms with Crippen LogP contribution in [0.25, 0.3) is 10.9 Å². The van der Waals surface area contributed by atoms with Crippen LogP contribution in [0.15, 0.2) is 24.3 Å². The Labute approximate surface area is 115 Å². The fourth-order valence-electron chi connectivity index (χ4n) is 2.52. The van der Waals surface area contributed by atoms with Gasteiger partial charge in [0.15, 0.2) is 0 Å². The van der Waals surface area contributed by atoms with Crippen molar-refractivity contribution in [2.24, 2.45) is 5.92 Å². The number of hydrogen-bond acceptors (Lipinski definition) is 2. The zero-order valence-electron chi connectivity index (χ0n) is 12.3. The van der Waals surface area contributed by atoms with Crippen LogP contribution in [0, 0.1) is 5.92 Å². The second-order valence-electron chi connectivity index (χ2n) is 5.62. The lowest BCUT2D eigenvalue weighted by Crippen LogP contribution is -2.35. The maximum Gasteiger partial charge on any atom is 0.0731 e. The molecule has 1 N–H and O–H groups in total. The highest BCUT2D eigenvalue weighted by molar-refractivity contribution is 5.82. The van der Waals surface area contributed by atoms with Crippen molar-refractivity contribution in [3.8, 4) is 0 Å². The molecule has 2 atom stereocenters. The number of hydrogen-bond donors (Lipinski definition) is 1. The third kappa shape index (κ3) is 2.66. The summed E-state index contributed by atoms with van der Waals surface area (Å²) in [5.41, 5.74) is 1.45. The Morgan fingerprint density at radius 2 is 2.00 bits per heavy atom. The Morgan fingerprint density at radius 3 is 2.63 bits per heavy atom. The summed E-state index contributed by atoms with van der Waals surface area (Å²) in [5, 5.41) is 16.5. The van der Waals surface area contributed by atoms with Crippen molar-refractivity contribution in [1.29, 1.82) is 0 Å². The molecule has 104 valence electrons. The molecule has 1 aromatic heterocycles. The van der Waals surface area contributed by atoms with E-state index in [1.807, 2.05) is 23.7 Å². The van der Waals surface area contributed by atoms with Crippen molar-refractivity contribution in [3.05, 3.63) is 30.0 Å². The van der Waals surface area contributed by atoms with Crippen molar-refractivity contribution >= 4 is 10.9 Å². The summed E-state index contributed by atoms with van der Waals surface area (Å²) in [5.74, 6) is 0.262. The molecule has 0 saturated heterocycles. The van der Waals surface area contributed by atoms with Crippen molar-refractivity contribution < 1.29 is 5.11 Å². The van der Waals surface area contributed by atoms with Gasteiger partial charge in [0, 0.05) is 18.4 Å². The van der Waals surface area contributed by atoms with E-state index in [1.165, 1.54) is 0 Å². The molecule has 1 heterocycles. The average Bonchev–Trinajstić information content (AvgIpc) is 2.75. The Morgan fingerprint density at radius 1 is 1.32 bits per heavy atom. The summed E-state index contributed by atoms with van der Waals surface area (Å²) >= 11 is 0. The van der Waals surface area contributed by atoms with E-state index in [0.717, 1.165) is 29.6 Å². The summed E-state index contributed by atoms with van der Waals surface area (Å²) in [7, 11) is 0. The minimum absolute atomic E-state index is 0.262. The number of aromatic nitrogens is 2. The lowest BCUT2D eigenvalue weighted by Gasteiger charge is -2.29. The van der Waals surface area contributed by atoms with Crippen molar-refractivity contribution in [2.75, 3.05) is 0 Å². The van der Waals surface area contributed by atoms with Gasteiger partial charge in [-0.3, -0.25) is 4.68 Å². The molecule has 2 rings (SSSR count). The number of nitrogens with zero attached hydrogens (tertiary/aromatic N) is 2. The largest absolute Gasteiger partial charge is 0.389 e. The minimum atomic E-state index is -0.704. The summed E-state index contributed by atoms with van der Waals surface area (Å²) in [6, 6.07) is 8.25. The van der Waals surface area contributed by atoms with Gasteiger partial charge in [0.2, 0.25) is 0 Å². The van der Waals surface area contributed by atoms with Gasteiger partial charge < -0.3 is 5.11 Å². The average molecular weight is 260 g/mol. The van der Waals surface area contributed by atoms with E-state index in [0.29, 0.717) is 6.42 Å². The van der Waals surface area contributed by atoms with Crippen LogP contribution in [0.5, 0.6) is 0 Å². The molecule has 2 unspecified atom stereocenters. The van der Waals surface area contributed by atoms with Crippen LogP contribution in [-0.4, -0.2) is 20.5 Å². The number of rotatable bonds is 5. The number of fused-ring (bicyclic) bond motifs is 1. The molecule has 0 aliphatic rings. The fourth-order valence-corrected chi connectivity index (χ4v) is 2.52. The summed E-state index contributed by atoms with van der Waals surface area (Å²) in [4.78, 5) is 0. The molecule has 3 heteroatoms. The third-order valence-corrected chi connectivity index (χ3v) is 4.23. The zero-order valence-corrected chi connectivity index (χ0v) is 12.3. The summed E-state index contributed by atoms with van der Waals surface area (Å²) in [6.07, 6.45) is 1.58. The molecule has 0 spiro atoms. The first-order valence-electron chi connectivity index (χ1n) is 7.16. The van der Waals surface area contributed by atoms with Gasteiger partial charge in [-0.15, -0.1) is 0 Å². The highest BCUT2D eigenvalue weighted by Crippen LogP contribution is 2.27. The minimum Gasteiger partial charge on any atom is -0.389 e. The molecule has 19 heavy (non-hydrogen) atoms. The van der Waals surface area contributed by atoms with E-state index in [9.17, 15) is 5.11 Å². The first-order chi connectivity index (χ1) is 8.99. The predicted molar refractivity (Wildman–Crippen MR) is 79.2 cm³/mol. The van der Waals surface area contributed by atoms with E-state index in [4.69, 9.17) is 0 Å². The van der Waals surface area contributed by atoms with Crippen molar-refractivity contribution in [1.82, 2.24) is 9.78 Å². The molecule has 0 radical (unpaired) electrons. The van der Waals surface area contributed by atoms with Crippen LogP contribution in [0.3, 0.4) is 0 Å². The van der Waals surface area contributed by atoms with Crippen molar-refractivity contribution in [3.63, 3.8) is 0 Å². The standard InChI is InChI=1S/C16H24N2O/c1-5-12(3)16(4,19)11-14-13-9-7-8-10-15(13)18(6-2)17-14/h7-10,12,19H,5-6,11H2,1-4H3. The lowest BCUT2D eigenvalue weighted by molar-refractivity contribution is 0.00448.